The zero-order chi connectivity index (χ0) is 12.9. The van der Waals surface area contributed by atoms with Crippen molar-refractivity contribution in [1.82, 2.24) is 10.2 Å². The number of nitrogens with two attached hydrogens (primary N) is 1. The molecule has 108 valence electrons. The number of halogens is 1. The molecule has 5 heteroatoms. The van der Waals surface area contributed by atoms with E-state index in [4.69, 9.17) is 5.73 Å². The Bertz CT molecular complexity index is 259. The Balaban J connectivity index is 0.00000289. The minimum absolute atomic E-state index is 0. The van der Waals surface area contributed by atoms with Crippen LogP contribution in [0.5, 0.6) is 0 Å². The largest absolute Gasteiger partial charge is 0.354 e. The number of nitrogens with zero attached hydrogens (tertiary/aromatic N) is 1. The van der Waals surface area contributed by atoms with Crippen molar-refractivity contribution in [1.29, 1.82) is 0 Å². The number of nitrogens with one attached hydrogen (secondary N) is 1. The molecule has 0 aliphatic carbocycles. The van der Waals surface area contributed by atoms with Gasteiger partial charge in [0.2, 0.25) is 5.91 Å². The van der Waals surface area contributed by atoms with E-state index in [0.29, 0.717) is 19.5 Å². The van der Waals surface area contributed by atoms with Gasteiger partial charge in [-0.3, -0.25) is 9.69 Å². The first-order valence-electron chi connectivity index (χ1n) is 6.67. The lowest BCUT2D eigenvalue weighted by Crippen LogP contribution is -2.54. The molecular weight excluding hydrogens is 250 g/mol. The first kappa shape index (κ1) is 17.7. The fourth-order valence-corrected chi connectivity index (χ4v) is 2.39. The molecule has 1 heterocycles. The highest BCUT2D eigenvalue weighted by Gasteiger charge is 2.30. The SMILES string of the molecule is CC1CCCN(C(C)(C)CNC(=O)CCN)C1.Cl. The number of likely N-dealkylation sites (tertiary alicyclic amines) is 1. The first-order valence-corrected chi connectivity index (χ1v) is 6.67. The van der Waals surface area contributed by atoms with Crippen LogP contribution in [-0.4, -0.2) is 42.5 Å². The Kier molecular flexibility index (Phi) is 7.83. The van der Waals surface area contributed by atoms with E-state index in [2.05, 4.69) is 31.0 Å². The second-order valence-corrected chi connectivity index (χ2v) is 5.82. The van der Waals surface area contributed by atoms with Gasteiger partial charge in [-0.05, 0) is 39.2 Å². The van der Waals surface area contributed by atoms with Crippen molar-refractivity contribution in [3.63, 3.8) is 0 Å². The number of carbonyl (C=O) groups excluding carboxylic acids is 1. The number of carbonyl (C=O) groups is 1. The van der Waals surface area contributed by atoms with Crippen molar-refractivity contribution in [2.24, 2.45) is 11.7 Å². The quantitative estimate of drug-likeness (QED) is 0.798. The van der Waals surface area contributed by atoms with E-state index >= 15 is 0 Å². The predicted octanol–water partition coefficient (Wildman–Crippen LogP) is 1.38. The van der Waals surface area contributed by atoms with Crippen LogP contribution in [-0.2, 0) is 4.79 Å². The maximum atomic E-state index is 11.4. The third-order valence-electron chi connectivity index (χ3n) is 3.60. The van der Waals surface area contributed by atoms with E-state index in [-0.39, 0.29) is 23.9 Å². The van der Waals surface area contributed by atoms with Gasteiger partial charge in [-0.1, -0.05) is 6.92 Å². The summed E-state index contributed by atoms with van der Waals surface area (Å²) < 4.78 is 0. The van der Waals surface area contributed by atoms with Gasteiger partial charge in [-0.25, -0.2) is 0 Å². The van der Waals surface area contributed by atoms with E-state index in [1.54, 1.807) is 0 Å². The van der Waals surface area contributed by atoms with Crippen LogP contribution in [0.2, 0.25) is 0 Å². The molecule has 1 fully saturated rings. The highest BCUT2D eigenvalue weighted by molar-refractivity contribution is 5.85. The van der Waals surface area contributed by atoms with E-state index in [0.717, 1.165) is 19.0 Å². The van der Waals surface area contributed by atoms with Crippen molar-refractivity contribution in [2.75, 3.05) is 26.2 Å². The van der Waals surface area contributed by atoms with Crippen LogP contribution in [0.1, 0.15) is 40.0 Å². The minimum Gasteiger partial charge on any atom is -0.354 e. The highest BCUT2D eigenvalue weighted by atomic mass is 35.5. The molecule has 1 unspecified atom stereocenters. The molecule has 1 aliphatic heterocycles. The maximum Gasteiger partial charge on any atom is 0.221 e. The molecule has 0 aromatic carbocycles. The molecule has 18 heavy (non-hydrogen) atoms. The molecule has 1 saturated heterocycles. The fourth-order valence-electron chi connectivity index (χ4n) is 2.39. The number of rotatable bonds is 5. The Morgan fingerprint density at radius 1 is 1.50 bits per heavy atom. The third kappa shape index (κ3) is 5.55. The highest BCUT2D eigenvalue weighted by Crippen LogP contribution is 2.23. The Labute approximate surface area is 117 Å². The molecule has 0 aromatic rings. The van der Waals surface area contributed by atoms with E-state index in [1.807, 2.05) is 0 Å². The summed E-state index contributed by atoms with van der Waals surface area (Å²) in [7, 11) is 0. The standard InChI is InChI=1S/C13H27N3O.ClH/c1-11-5-4-8-16(9-11)13(2,3)10-15-12(17)6-7-14;/h11H,4-10,14H2,1-3H3,(H,15,17);1H. The summed E-state index contributed by atoms with van der Waals surface area (Å²) in [5.41, 5.74) is 5.40. The molecule has 1 aliphatic rings. The lowest BCUT2D eigenvalue weighted by molar-refractivity contribution is -0.121. The van der Waals surface area contributed by atoms with Gasteiger partial charge in [0.15, 0.2) is 0 Å². The summed E-state index contributed by atoms with van der Waals surface area (Å²) in [5, 5.41) is 2.98. The van der Waals surface area contributed by atoms with Crippen LogP contribution in [0.15, 0.2) is 0 Å². The Morgan fingerprint density at radius 3 is 2.72 bits per heavy atom. The van der Waals surface area contributed by atoms with Gasteiger partial charge in [0, 0.05) is 31.6 Å². The predicted molar refractivity (Wildman–Crippen MR) is 78.0 cm³/mol. The van der Waals surface area contributed by atoms with Crippen molar-refractivity contribution < 1.29 is 4.79 Å². The molecule has 1 rings (SSSR count). The van der Waals surface area contributed by atoms with Crippen LogP contribution in [0.4, 0.5) is 0 Å². The zero-order valence-corrected chi connectivity index (χ0v) is 12.7. The normalized spacial score (nSPS) is 21.2. The van der Waals surface area contributed by atoms with Gasteiger partial charge in [0.1, 0.15) is 0 Å². The minimum atomic E-state index is 0. The van der Waals surface area contributed by atoms with Gasteiger partial charge < -0.3 is 11.1 Å². The fraction of sp³-hybridized carbons (Fsp3) is 0.923. The van der Waals surface area contributed by atoms with Gasteiger partial charge >= 0.3 is 0 Å². The Morgan fingerprint density at radius 2 is 2.17 bits per heavy atom. The molecule has 0 bridgehead atoms. The van der Waals surface area contributed by atoms with Crippen molar-refractivity contribution in [3.05, 3.63) is 0 Å². The summed E-state index contributed by atoms with van der Waals surface area (Å²) >= 11 is 0. The summed E-state index contributed by atoms with van der Waals surface area (Å²) in [5.74, 6) is 0.827. The molecule has 0 radical (unpaired) electrons. The molecule has 3 N–H and O–H groups in total. The number of piperidine rings is 1. The van der Waals surface area contributed by atoms with E-state index < -0.39 is 0 Å². The maximum absolute atomic E-state index is 11.4. The lowest BCUT2D eigenvalue weighted by Gasteiger charge is -2.43. The smallest absolute Gasteiger partial charge is 0.221 e. The molecule has 4 nitrogen and oxygen atoms in total. The molecule has 1 amide bonds. The van der Waals surface area contributed by atoms with Crippen LogP contribution >= 0.6 is 12.4 Å². The number of amides is 1. The van der Waals surface area contributed by atoms with Crippen LogP contribution in [0.25, 0.3) is 0 Å². The molecule has 0 aromatic heterocycles. The average molecular weight is 278 g/mol. The number of hydrogen-bond acceptors (Lipinski definition) is 3. The van der Waals surface area contributed by atoms with Gasteiger partial charge in [0.05, 0.1) is 0 Å². The van der Waals surface area contributed by atoms with E-state index in [1.165, 1.54) is 12.8 Å². The Hall–Kier alpha value is -0.320. The van der Waals surface area contributed by atoms with Gasteiger partial charge in [0.25, 0.3) is 0 Å². The van der Waals surface area contributed by atoms with Gasteiger partial charge in [-0.2, -0.15) is 0 Å². The topological polar surface area (TPSA) is 58.4 Å². The van der Waals surface area contributed by atoms with Crippen LogP contribution in [0, 0.1) is 5.92 Å². The second-order valence-electron chi connectivity index (χ2n) is 5.82. The zero-order valence-electron chi connectivity index (χ0n) is 11.9. The van der Waals surface area contributed by atoms with Crippen LogP contribution < -0.4 is 11.1 Å². The summed E-state index contributed by atoms with van der Waals surface area (Å²) in [6.07, 6.45) is 3.01. The van der Waals surface area contributed by atoms with Gasteiger partial charge in [-0.15, -0.1) is 12.4 Å². The monoisotopic (exact) mass is 277 g/mol. The molecule has 1 atom stereocenters. The lowest BCUT2D eigenvalue weighted by atomic mass is 9.93. The van der Waals surface area contributed by atoms with Crippen molar-refractivity contribution in [3.8, 4) is 0 Å². The van der Waals surface area contributed by atoms with Crippen LogP contribution in [0.3, 0.4) is 0 Å². The second kappa shape index (κ2) is 7.97. The summed E-state index contributed by atoms with van der Waals surface area (Å²) in [6, 6.07) is 0. The van der Waals surface area contributed by atoms with Crippen molar-refractivity contribution in [2.45, 2.75) is 45.6 Å². The molecule has 0 saturated carbocycles. The first-order chi connectivity index (χ1) is 7.95. The summed E-state index contributed by atoms with van der Waals surface area (Å²) in [4.78, 5) is 13.9. The average Bonchev–Trinajstić information content (AvgIpc) is 2.27. The number of hydrogen-bond donors (Lipinski definition) is 2. The third-order valence-corrected chi connectivity index (χ3v) is 3.60. The molecule has 0 spiro atoms. The summed E-state index contributed by atoms with van der Waals surface area (Å²) in [6.45, 7) is 10.1. The molecular formula is C13H28ClN3O. The van der Waals surface area contributed by atoms with Crippen molar-refractivity contribution >= 4 is 18.3 Å². The van der Waals surface area contributed by atoms with E-state index in [9.17, 15) is 4.79 Å².